The number of hydrogen-bond donors (Lipinski definition) is 1. The van der Waals surface area contributed by atoms with Crippen molar-refractivity contribution in [3.63, 3.8) is 0 Å². The molecule has 1 aromatic carbocycles. The standard InChI is InChI=1S/C14H19F2NO/c1-18-13-6-2-5-11(14(15)16)12(13)8-10-4-3-7-17-9-10/h2,5-6,10,14,17H,3-4,7-9H2,1H3. The number of piperidine rings is 1. The Morgan fingerprint density at radius 3 is 2.89 bits per heavy atom. The molecule has 0 bridgehead atoms. The molecule has 1 N–H and O–H groups in total. The second-order valence-corrected chi connectivity index (χ2v) is 4.75. The molecule has 18 heavy (non-hydrogen) atoms. The fraction of sp³-hybridized carbons (Fsp3) is 0.571. The molecule has 0 radical (unpaired) electrons. The Morgan fingerprint density at radius 2 is 2.28 bits per heavy atom. The quantitative estimate of drug-likeness (QED) is 0.892. The number of rotatable bonds is 4. The predicted molar refractivity (Wildman–Crippen MR) is 67.2 cm³/mol. The van der Waals surface area contributed by atoms with E-state index in [1.165, 1.54) is 13.2 Å². The highest BCUT2D eigenvalue weighted by atomic mass is 19.3. The predicted octanol–water partition coefficient (Wildman–Crippen LogP) is 3.17. The Balaban J connectivity index is 2.22. The first-order chi connectivity index (χ1) is 8.72. The van der Waals surface area contributed by atoms with Crippen molar-refractivity contribution < 1.29 is 13.5 Å². The van der Waals surface area contributed by atoms with Gasteiger partial charge in [0.2, 0.25) is 0 Å². The van der Waals surface area contributed by atoms with Crippen molar-refractivity contribution in [2.45, 2.75) is 25.7 Å². The lowest BCUT2D eigenvalue weighted by Gasteiger charge is -2.24. The van der Waals surface area contributed by atoms with Crippen molar-refractivity contribution >= 4 is 0 Å². The van der Waals surface area contributed by atoms with Gasteiger partial charge in [-0.3, -0.25) is 0 Å². The molecule has 1 aliphatic rings. The van der Waals surface area contributed by atoms with Crippen molar-refractivity contribution in [2.75, 3.05) is 20.2 Å². The lowest BCUT2D eigenvalue weighted by Crippen LogP contribution is -2.31. The van der Waals surface area contributed by atoms with Crippen LogP contribution in [0.4, 0.5) is 8.78 Å². The second kappa shape index (κ2) is 6.14. The Kier molecular flexibility index (Phi) is 4.53. The lowest BCUT2D eigenvalue weighted by molar-refractivity contribution is 0.149. The maximum atomic E-state index is 13.0. The van der Waals surface area contributed by atoms with E-state index < -0.39 is 6.43 Å². The summed E-state index contributed by atoms with van der Waals surface area (Å²) in [5, 5.41) is 3.31. The van der Waals surface area contributed by atoms with E-state index in [2.05, 4.69) is 5.32 Å². The van der Waals surface area contributed by atoms with Gasteiger partial charge in [-0.15, -0.1) is 0 Å². The summed E-state index contributed by atoms with van der Waals surface area (Å²) < 4.78 is 31.3. The van der Waals surface area contributed by atoms with Crippen molar-refractivity contribution in [3.8, 4) is 5.75 Å². The third kappa shape index (κ3) is 2.99. The van der Waals surface area contributed by atoms with Gasteiger partial charge in [0.1, 0.15) is 5.75 Å². The van der Waals surface area contributed by atoms with Crippen molar-refractivity contribution in [3.05, 3.63) is 29.3 Å². The number of alkyl halides is 2. The lowest BCUT2D eigenvalue weighted by atomic mass is 9.90. The van der Waals surface area contributed by atoms with Gasteiger partial charge in [0, 0.05) is 11.1 Å². The van der Waals surface area contributed by atoms with E-state index in [0.29, 0.717) is 23.7 Å². The van der Waals surface area contributed by atoms with Crippen LogP contribution in [-0.4, -0.2) is 20.2 Å². The Labute approximate surface area is 106 Å². The summed E-state index contributed by atoms with van der Waals surface area (Å²) in [7, 11) is 1.53. The third-order valence-corrected chi connectivity index (χ3v) is 3.52. The van der Waals surface area contributed by atoms with Crippen LogP contribution in [0.2, 0.25) is 0 Å². The summed E-state index contributed by atoms with van der Waals surface area (Å²) in [6.45, 7) is 1.94. The zero-order valence-electron chi connectivity index (χ0n) is 10.6. The maximum Gasteiger partial charge on any atom is 0.264 e. The minimum atomic E-state index is -2.44. The van der Waals surface area contributed by atoms with Gasteiger partial charge in [-0.25, -0.2) is 8.78 Å². The molecule has 2 rings (SSSR count). The van der Waals surface area contributed by atoms with Crippen LogP contribution in [0.15, 0.2) is 18.2 Å². The second-order valence-electron chi connectivity index (χ2n) is 4.75. The smallest absolute Gasteiger partial charge is 0.264 e. The molecule has 0 spiro atoms. The zero-order valence-corrected chi connectivity index (χ0v) is 10.6. The number of hydrogen-bond acceptors (Lipinski definition) is 2. The van der Waals surface area contributed by atoms with Gasteiger partial charge in [0.15, 0.2) is 0 Å². The van der Waals surface area contributed by atoms with E-state index in [0.717, 1.165) is 25.9 Å². The maximum absolute atomic E-state index is 13.0. The van der Waals surface area contributed by atoms with Crippen LogP contribution in [0.25, 0.3) is 0 Å². The normalized spacial score (nSPS) is 20.1. The molecule has 1 unspecified atom stereocenters. The van der Waals surface area contributed by atoms with Gasteiger partial charge in [0.25, 0.3) is 6.43 Å². The van der Waals surface area contributed by atoms with E-state index in [4.69, 9.17) is 4.74 Å². The fourth-order valence-electron chi connectivity index (χ4n) is 2.58. The van der Waals surface area contributed by atoms with E-state index in [1.807, 2.05) is 0 Å². The molecule has 0 aliphatic carbocycles. The number of methoxy groups -OCH3 is 1. The van der Waals surface area contributed by atoms with Gasteiger partial charge in [0.05, 0.1) is 7.11 Å². The molecule has 100 valence electrons. The van der Waals surface area contributed by atoms with Crippen LogP contribution in [0.5, 0.6) is 5.75 Å². The molecule has 1 aromatic rings. The molecule has 1 aliphatic heterocycles. The Hall–Kier alpha value is -1.16. The SMILES string of the molecule is COc1cccc(C(F)F)c1CC1CCCNC1. The molecule has 2 nitrogen and oxygen atoms in total. The molecule has 0 amide bonds. The summed E-state index contributed by atoms with van der Waals surface area (Å²) in [5.74, 6) is 1.01. The van der Waals surface area contributed by atoms with Crippen LogP contribution in [0, 0.1) is 5.92 Å². The van der Waals surface area contributed by atoms with Gasteiger partial charge >= 0.3 is 0 Å². The largest absolute Gasteiger partial charge is 0.496 e. The van der Waals surface area contributed by atoms with Crippen LogP contribution in [-0.2, 0) is 6.42 Å². The van der Waals surface area contributed by atoms with Gasteiger partial charge < -0.3 is 10.1 Å². The first-order valence-electron chi connectivity index (χ1n) is 6.37. The fourth-order valence-corrected chi connectivity index (χ4v) is 2.58. The third-order valence-electron chi connectivity index (χ3n) is 3.52. The van der Waals surface area contributed by atoms with Gasteiger partial charge in [-0.1, -0.05) is 12.1 Å². The van der Waals surface area contributed by atoms with Gasteiger partial charge in [-0.2, -0.15) is 0 Å². The highest BCUT2D eigenvalue weighted by Gasteiger charge is 2.21. The number of benzene rings is 1. The molecule has 1 fully saturated rings. The average molecular weight is 255 g/mol. The minimum Gasteiger partial charge on any atom is -0.496 e. The van der Waals surface area contributed by atoms with Crippen LogP contribution in [0.3, 0.4) is 0 Å². The molecule has 0 aromatic heterocycles. The van der Waals surface area contributed by atoms with Crippen molar-refractivity contribution in [1.82, 2.24) is 5.32 Å². The topological polar surface area (TPSA) is 21.3 Å². The number of nitrogens with one attached hydrogen (secondary N) is 1. The number of halogens is 2. The average Bonchev–Trinajstić information content (AvgIpc) is 2.40. The molecule has 0 saturated carbocycles. The summed E-state index contributed by atoms with van der Waals surface area (Å²) in [4.78, 5) is 0. The zero-order chi connectivity index (χ0) is 13.0. The van der Waals surface area contributed by atoms with Crippen LogP contribution in [0.1, 0.15) is 30.4 Å². The monoisotopic (exact) mass is 255 g/mol. The summed E-state index contributed by atoms with van der Waals surface area (Å²) >= 11 is 0. The van der Waals surface area contributed by atoms with Crippen LogP contribution < -0.4 is 10.1 Å². The van der Waals surface area contributed by atoms with Crippen molar-refractivity contribution in [1.29, 1.82) is 0 Å². The first-order valence-corrected chi connectivity index (χ1v) is 6.37. The molecule has 1 heterocycles. The molecule has 1 saturated heterocycles. The summed E-state index contributed by atoms with van der Waals surface area (Å²) in [6, 6.07) is 4.89. The van der Waals surface area contributed by atoms with Gasteiger partial charge in [-0.05, 0) is 44.3 Å². The van der Waals surface area contributed by atoms with E-state index in [-0.39, 0.29) is 5.56 Å². The summed E-state index contributed by atoms with van der Waals surface area (Å²) in [5.41, 5.74) is 0.781. The Bertz CT molecular complexity index is 389. The Morgan fingerprint density at radius 1 is 1.44 bits per heavy atom. The first kappa shape index (κ1) is 13.3. The van der Waals surface area contributed by atoms with E-state index in [9.17, 15) is 8.78 Å². The highest BCUT2D eigenvalue weighted by molar-refractivity contribution is 5.41. The highest BCUT2D eigenvalue weighted by Crippen LogP contribution is 2.32. The molecular weight excluding hydrogens is 236 g/mol. The van der Waals surface area contributed by atoms with Crippen LogP contribution >= 0.6 is 0 Å². The molecule has 1 atom stereocenters. The van der Waals surface area contributed by atoms with E-state index in [1.54, 1.807) is 12.1 Å². The van der Waals surface area contributed by atoms with E-state index >= 15 is 0 Å². The van der Waals surface area contributed by atoms with Crippen molar-refractivity contribution in [2.24, 2.45) is 5.92 Å². The molecule has 4 heteroatoms. The number of ether oxygens (including phenoxy) is 1. The summed E-state index contributed by atoms with van der Waals surface area (Å²) in [6.07, 6.45) is 0.431. The molecular formula is C14H19F2NO. The minimum absolute atomic E-state index is 0.111.